The Balaban J connectivity index is 1.48. The molecule has 0 spiro atoms. The highest BCUT2D eigenvalue weighted by Gasteiger charge is 2.47. The third-order valence-electron chi connectivity index (χ3n) is 6.16. The van der Waals surface area contributed by atoms with Crippen molar-refractivity contribution in [3.05, 3.63) is 105 Å². The van der Waals surface area contributed by atoms with E-state index in [1.54, 1.807) is 6.20 Å². The van der Waals surface area contributed by atoms with Crippen molar-refractivity contribution in [3.8, 4) is 0 Å². The monoisotopic (exact) mass is 534 g/mol. The highest BCUT2D eigenvalue weighted by Crippen LogP contribution is 2.53. The fraction of sp³-hybridized carbons (Fsp3) is 0.154. The predicted molar refractivity (Wildman–Crippen MR) is 132 cm³/mol. The molecule has 5 heteroatoms. The van der Waals surface area contributed by atoms with Crippen LogP contribution in [-0.4, -0.2) is 10.9 Å². The molecule has 1 saturated carbocycles. The topological polar surface area (TPSA) is 42.0 Å². The molecular formula is C26H20Br2N2O. The summed E-state index contributed by atoms with van der Waals surface area (Å²) in [5, 5.41) is 4.21. The number of fused-ring (bicyclic) bond motifs is 1. The molecule has 2 unspecified atom stereocenters. The highest BCUT2D eigenvalue weighted by atomic mass is 79.9. The number of rotatable bonds is 4. The number of halogens is 2. The predicted octanol–water partition coefficient (Wildman–Crippen LogP) is 7.29. The standard InChI is InChI=1S/C26H20Br2N2O/c27-19-10-6-16(7-11-19)21-15-22(17-8-12-20(28)13-9-17)24(21)26(31)30-23-5-1-3-18-4-2-14-29-25(18)23/h1-14,21-22,24H,15H2,(H,30,31). The van der Waals surface area contributed by atoms with Crippen LogP contribution in [0.3, 0.4) is 0 Å². The number of hydrogen-bond acceptors (Lipinski definition) is 2. The van der Waals surface area contributed by atoms with Crippen molar-refractivity contribution in [2.75, 3.05) is 5.32 Å². The van der Waals surface area contributed by atoms with Crippen molar-refractivity contribution >= 4 is 54.4 Å². The van der Waals surface area contributed by atoms with Gasteiger partial charge in [0.2, 0.25) is 5.91 Å². The molecule has 4 aromatic rings. The Morgan fingerprint density at radius 3 is 2.00 bits per heavy atom. The molecule has 0 aliphatic heterocycles. The van der Waals surface area contributed by atoms with Crippen LogP contribution in [0.1, 0.15) is 29.4 Å². The zero-order chi connectivity index (χ0) is 21.4. The third-order valence-corrected chi connectivity index (χ3v) is 7.22. The molecule has 5 rings (SSSR count). The first-order valence-corrected chi connectivity index (χ1v) is 11.8. The van der Waals surface area contributed by atoms with Gasteiger partial charge in [0, 0.05) is 20.5 Å². The molecule has 1 amide bonds. The summed E-state index contributed by atoms with van der Waals surface area (Å²) in [7, 11) is 0. The van der Waals surface area contributed by atoms with Crippen LogP contribution in [-0.2, 0) is 4.79 Å². The van der Waals surface area contributed by atoms with Gasteiger partial charge in [-0.25, -0.2) is 0 Å². The van der Waals surface area contributed by atoms with Crippen LogP contribution in [0.4, 0.5) is 5.69 Å². The quantitative estimate of drug-likeness (QED) is 0.298. The summed E-state index contributed by atoms with van der Waals surface area (Å²) >= 11 is 7.02. The van der Waals surface area contributed by atoms with E-state index >= 15 is 0 Å². The Morgan fingerprint density at radius 1 is 0.806 bits per heavy atom. The maximum absolute atomic E-state index is 13.6. The maximum Gasteiger partial charge on any atom is 0.228 e. The molecule has 3 aromatic carbocycles. The lowest BCUT2D eigenvalue weighted by molar-refractivity contribution is -0.124. The summed E-state index contributed by atoms with van der Waals surface area (Å²) in [5.41, 5.74) is 3.98. The zero-order valence-electron chi connectivity index (χ0n) is 16.6. The van der Waals surface area contributed by atoms with Crippen LogP contribution in [0.15, 0.2) is 94.0 Å². The summed E-state index contributed by atoms with van der Waals surface area (Å²) < 4.78 is 2.09. The minimum absolute atomic E-state index is 0.0465. The lowest BCUT2D eigenvalue weighted by atomic mass is 9.59. The number of anilines is 1. The highest BCUT2D eigenvalue weighted by molar-refractivity contribution is 9.10. The van der Waals surface area contributed by atoms with E-state index in [0.29, 0.717) is 0 Å². The van der Waals surface area contributed by atoms with Crippen molar-refractivity contribution in [1.29, 1.82) is 0 Å². The molecule has 1 N–H and O–H groups in total. The molecule has 1 fully saturated rings. The molecule has 1 heterocycles. The van der Waals surface area contributed by atoms with E-state index in [-0.39, 0.29) is 23.7 Å². The number of benzene rings is 3. The molecule has 0 radical (unpaired) electrons. The molecule has 31 heavy (non-hydrogen) atoms. The van der Waals surface area contributed by atoms with Crippen LogP contribution >= 0.6 is 31.9 Å². The normalized spacial score (nSPS) is 20.3. The maximum atomic E-state index is 13.6. The zero-order valence-corrected chi connectivity index (χ0v) is 19.8. The lowest BCUT2D eigenvalue weighted by Gasteiger charge is -2.44. The van der Waals surface area contributed by atoms with Crippen LogP contribution in [0, 0.1) is 5.92 Å². The minimum Gasteiger partial charge on any atom is -0.324 e. The van der Waals surface area contributed by atoms with Gasteiger partial charge in [-0.15, -0.1) is 0 Å². The number of carbonyl (C=O) groups is 1. The summed E-state index contributed by atoms with van der Waals surface area (Å²) in [6.45, 7) is 0. The number of nitrogens with one attached hydrogen (secondary N) is 1. The fourth-order valence-electron chi connectivity index (χ4n) is 4.54. The molecule has 0 saturated heterocycles. The van der Waals surface area contributed by atoms with E-state index in [0.717, 1.165) is 32.0 Å². The Bertz CT molecular complexity index is 1180. The first kappa shape index (κ1) is 20.4. The molecule has 154 valence electrons. The smallest absolute Gasteiger partial charge is 0.228 e. The second-order valence-corrected chi connectivity index (χ2v) is 9.78. The van der Waals surface area contributed by atoms with Gasteiger partial charge in [0.05, 0.1) is 17.1 Å². The number of hydrogen-bond donors (Lipinski definition) is 1. The number of aromatic nitrogens is 1. The van der Waals surface area contributed by atoms with Crippen molar-refractivity contribution in [2.45, 2.75) is 18.3 Å². The molecule has 3 nitrogen and oxygen atoms in total. The Kier molecular flexibility index (Phi) is 5.63. The van der Waals surface area contributed by atoms with Crippen LogP contribution in [0.25, 0.3) is 10.9 Å². The second-order valence-electron chi connectivity index (χ2n) is 7.95. The average molecular weight is 536 g/mol. The fourth-order valence-corrected chi connectivity index (χ4v) is 5.07. The lowest BCUT2D eigenvalue weighted by Crippen LogP contribution is -2.42. The Hall–Kier alpha value is -2.50. The number of para-hydroxylation sites is 1. The van der Waals surface area contributed by atoms with Gasteiger partial charge < -0.3 is 5.32 Å². The SMILES string of the molecule is O=C(Nc1cccc2cccnc12)C1C(c2ccc(Br)cc2)CC1c1ccc(Br)cc1. The van der Waals surface area contributed by atoms with Gasteiger partial charge in [-0.3, -0.25) is 9.78 Å². The van der Waals surface area contributed by atoms with E-state index in [2.05, 4.69) is 66.4 Å². The third kappa shape index (κ3) is 4.04. The molecular weight excluding hydrogens is 516 g/mol. The molecule has 1 aliphatic carbocycles. The van der Waals surface area contributed by atoms with Gasteiger partial charge in [-0.1, -0.05) is 74.3 Å². The van der Waals surface area contributed by atoms with Gasteiger partial charge in [0.25, 0.3) is 0 Å². The molecule has 2 atom stereocenters. The Morgan fingerprint density at radius 2 is 1.39 bits per heavy atom. The van der Waals surface area contributed by atoms with E-state index in [1.165, 1.54) is 11.1 Å². The largest absolute Gasteiger partial charge is 0.324 e. The van der Waals surface area contributed by atoms with Crippen LogP contribution < -0.4 is 5.32 Å². The summed E-state index contributed by atoms with van der Waals surface area (Å²) in [6.07, 6.45) is 2.71. The molecule has 1 aromatic heterocycles. The number of pyridine rings is 1. The van der Waals surface area contributed by atoms with Crippen LogP contribution in [0.5, 0.6) is 0 Å². The van der Waals surface area contributed by atoms with Crippen molar-refractivity contribution in [1.82, 2.24) is 4.98 Å². The number of amides is 1. The Labute approximate surface area is 198 Å². The van der Waals surface area contributed by atoms with Gasteiger partial charge >= 0.3 is 0 Å². The van der Waals surface area contributed by atoms with Gasteiger partial charge in [-0.2, -0.15) is 0 Å². The average Bonchev–Trinajstić information content (AvgIpc) is 2.76. The van der Waals surface area contributed by atoms with Crippen LogP contribution in [0.2, 0.25) is 0 Å². The summed E-state index contributed by atoms with van der Waals surface area (Å²) in [4.78, 5) is 18.1. The van der Waals surface area contributed by atoms with Crippen molar-refractivity contribution < 1.29 is 4.79 Å². The summed E-state index contributed by atoms with van der Waals surface area (Å²) in [5.74, 6) is 0.279. The van der Waals surface area contributed by atoms with E-state index in [9.17, 15) is 4.79 Å². The van der Waals surface area contributed by atoms with E-state index in [1.807, 2.05) is 54.6 Å². The first-order chi connectivity index (χ1) is 15.1. The molecule has 1 aliphatic rings. The second kappa shape index (κ2) is 8.56. The molecule has 0 bridgehead atoms. The summed E-state index contributed by atoms with van der Waals surface area (Å²) in [6, 6.07) is 26.5. The minimum atomic E-state index is -0.138. The van der Waals surface area contributed by atoms with Gasteiger partial charge in [0.1, 0.15) is 0 Å². The van der Waals surface area contributed by atoms with Gasteiger partial charge in [0.15, 0.2) is 0 Å². The van der Waals surface area contributed by atoms with E-state index < -0.39 is 0 Å². The van der Waals surface area contributed by atoms with Crippen molar-refractivity contribution in [3.63, 3.8) is 0 Å². The van der Waals surface area contributed by atoms with E-state index in [4.69, 9.17) is 0 Å². The number of nitrogens with zero attached hydrogens (tertiary/aromatic N) is 1. The number of carbonyl (C=O) groups excluding carboxylic acids is 1. The van der Waals surface area contributed by atoms with Gasteiger partial charge in [-0.05, 0) is 65.8 Å². The first-order valence-electron chi connectivity index (χ1n) is 10.3. The van der Waals surface area contributed by atoms with Crippen molar-refractivity contribution in [2.24, 2.45) is 5.92 Å².